The molecule has 178 valence electrons. The second-order valence-corrected chi connectivity index (χ2v) is 10.4. The van der Waals surface area contributed by atoms with Gasteiger partial charge in [-0.2, -0.15) is 4.31 Å². The van der Waals surface area contributed by atoms with Crippen molar-refractivity contribution in [3.8, 4) is 5.75 Å². The molecule has 0 aliphatic carbocycles. The summed E-state index contributed by atoms with van der Waals surface area (Å²) < 4.78 is 38.6. The molecule has 0 unspecified atom stereocenters. The predicted molar refractivity (Wildman–Crippen MR) is 125 cm³/mol. The van der Waals surface area contributed by atoms with Gasteiger partial charge in [0.15, 0.2) is 6.61 Å². The molecular weight excluding hydrogens is 466 g/mol. The van der Waals surface area contributed by atoms with Gasteiger partial charge >= 0.3 is 0 Å². The zero-order valence-corrected chi connectivity index (χ0v) is 19.9. The SMILES string of the molecule is O=C(COc1ccc(Cl)cc1S(=O)(=O)N1CCOCC1)N1CCN(Cc2ccccc2)CC1. The molecule has 2 heterocycles. The van der Waals surface area contributed by atoms with Crippen molar-refractivity contribution >= 4 is 27.5 Å². The van der Waals surface area contributed by atoms with Crippen LogP contribution >= 0.6 is 11.6 Å². The van der Waals surface area contributed by atoms with Crippen LogP contribution in [0.25, 0.3) is 0 Å². The Hall–Kier alpha value is -2.17. The summed E-state index contributed by atoms with van der Waals surface area (Å²) in [5, 5.41) is 0.287. The van der Waals surface area contributed by atoms with Crippen molar-refractivity contribution < 1.29 is 22.7 Å². The first-order valence-corrected chi connectivity index (χ1v) is 12.8. The molecule has 2 fully saturated rings. The molecule has 2 aromatic rings. The van der Waals surface area contributed by atoms with E-state index in [1.165, 1.54) is 22.0 Å². The standard InChI is InChI=1S/C23H28ClN3O5S/c24-20-6-7-21(22(16-20)33(29,30)27-12-14-31-15-13-27)32-18-23(28)26-10-8-25(9-11-26)17-19-4-2-1-3-5-19/h1-7,16H,8-15,17-18H2. The summed E-state index contributed by atoms with van der Waals surface area (Å²) in [6.07, 6.45) is 0. The van der Waals surface area contributed by atoms with Crippen molar-refractivity contribution in [2.45, 2.75) is 11.4 Å². The van der Waals surface area contributed by atoms with Crippen LogP contribution in [0.15, 0.2) is 53.4 Å². The van der Waals surface area contributed by atoms with Crippen molar-refractivity contribution in [3.63, 3.8) is 0 Å². The average Bonchev–Trinajstić information content (AvgIpc) is 2.84. The number of amides is 1. The number of halogens is 1. The van der Waals surface area contributed by atoms with Crippen molar-refractivity contribution in [1.29, 1.82) is 0 Å². The van der Waals surface area contributed by atoms with Crippen LogP contribution in [0.1, 0.15) is 5.56 Å². The quantitative estimate of drug-likeness (QED) is 0.587. The van der Waals surface area contributed by atoms with Gasteiger partial charge in [-0.25, -0.2) is 8.42 Å². The number of morpholine rings is 1. The molecule has 0 saturated carbocycles. The van der Waals surface area contributed by atoms with Crippen molar-refractivity contribution in [3.05, 3.63) is 59.1 Å². The van der Waals surface area contributed by atoms with Crippen LogP contribution in [0.2, 0.25) is 5.02 Å². The number of carbonyl (C=O) groups is 1. The van der Waals surface area contributed by atoms with Crippen LogP contribution in [0, 0.1) is 0 Å². The van der Waals surface area contributed by atoms with Crippen LogP contribution < -0.4 is 4.74 Å². The molecule has 0 bridgehead atoms. The first kappa shape index (κ1) is 24.0. The number of piperazine rings is 1. The van der Waals surface area contributed by atoms with E-state index < -0.39 is 10.0 Å². The summed E-state index contributed by atoms with van der Waals surface area (Å²) in [4.78, 5) is 16.8. The largest absolute Gasteiger partial charge is 0.482 e. The number of ether oxygens (including phenoxy) is 2. The Balaban J connectivity index is 1.35. The number of hydrogen-bond donors (Lipinski definition) is 0. The molecule has 2 aliphatic heterocycles. The molecule has 0 spiro atoms. The van der Waals surface area contributed by atoms with E-state index in [2.05, 4.69) is 17.0 Å². The van der Waals surface area contributed by atoms with Crippen molar-refractivity contribution in [2.24, 2.45) is 0 Å². The first-order valence-electron chi connectivity index (χ1n) is 11.0. The predicted octanol–water partition coefficient (Wildman–Crippen LogP) is 2.08. The highest BCUT2D eigenvalue weighted by atomic mass is 35.5. The van der Waals surface area contributed by atoms with Gasteiger partial charge in [0.1, 0.15) is 10.6 Å². The lowest BCUT2D eigenvalue weighted by molar-refractivity contribution is -0.135. The molecular formula is C23H28ClN3O5S. The van der Waals surface area contributed by atoms with Gasteiger partial charge in [0, 0.05) is 50.8 Å². The van der Waals surface area contributed by atoms with Crippen molar-refractivity contribution in [2.75, 3.05) is 59.1 Å². The lowest BCUT2D eigenvalue weighted by Gasteiger charge is -2.34. The van der Waals surface area contributed by atoms with E-state index in [1.54, 1.807) is 11.0 Å². The van der Waals surface area contributed by atoms with Gasteiger partial charge in [-0.15, -0.1) is 0 Å². The molecule has 0 radical (unpaired) electrons. The zero-order chi connectivity index (χ0) is 23.3. The second kappa shape index (κ2) is 10.8. The molecule has 4 rings (SSSR count). The minimum atomic E-state index is -3.81. The number of carbonyl (C=O) groups excluding carboxylic acids is 1. The molecule has 2 aromatic carbocycles. The summed E-state index contributed by atoms with van der Waals surface area (Å²) >= 11 is 6.07. The molecule has 10 heteroatoms. The van der Waals surface area contributed by atoms with Gasteiger partial charge in [0.25, 0.3) is 5.91 Å². The lowest BCUT2D eigenvalue weighted by atomic mass is 10.2. The van der Waals surface area contributed by atoms with Gasteiger partial charge in [-0.1, -0.05) is 41.9 Å². The van der Waals surface area contributed by atoms with E-state index in [4.69, 9.17) is 21.1 Å². The Bertz CT molecular complexity index is 1050. The Morgan fingerprint density at radius 1 is 0.970 bits per heavy atom. The Morgan fingerprint density at radius 3 is 2.36 bits per heavy atom. The van der Waals surface area contributed by atoms with Gasteiger partial charge in [-0.3, -0.25) is 9.69 Å². The molecule has 2 saturated heterocycles. The van der Waals surface area contributed by atoms with Gasteiger partial charge < -0.3 is 14.4 Å². The molecule has 0 N–H and O–H groups in total. The molecule has 0 aromatic heterocycles. The van der Waals surface area contributed by atoms with E-state index >= 15 is 0 Å². The van der Waals surface area contributed by atoms with Gasteiger partial charge in [-0.05, 0) is 23.8 Å². The molecule has 33 heavy (non-hydrogen) atoms. The van der Waals surface area contributed by atoms with Crippen LogP contribution in [0.5, 0.6) is 5.75 Å². The summed E-state index contributed by atoms with van der Waals surface area (Å²) in [5.74, 6) is -0.0408. The number of benzene rings is 2. The molecule has 8 nitrogen and oxygen atoms in total. The summed E-state index contributed by atoms with van der Waals surface area (Å²) in [7, 11) is -3.81. The Morgan fingerprint density at radius 2 is 1.67 bits per heavy atom. The zero-order valence-electron chi connectivity index (χ0n) is 18.4. The molecule has 2 aliphatic rings. The molecule has 0 atom stereocenters. The minimum Gasteiger partial charge on any atom is -0.482 e. The minimum absolute atomic E-state index is 0.0302. The van der Waals surface area contributed by atoms with E-state index in [1.807, 2.05) is 18.2 Å². The van der Waals surface area contributed by atoms with Gasteiger partial charge in [0.05, 0.1) is 13.2 Å². The fraction of sp³-hybridized carbons (Fsp3) is 0.435. The maximum absolute atomic E-state index is 13.1. The molecule has 1 amide bonds. The highest BCUT2D eigenvalue weighted by Gasteiger charge is 2.30. The summed E-state index contributed by atoms with van der Waals surface area (Å²) in [6, 6.07) is 14.7. The average molecular weight is 494 g/mol. The summed E-state index contributed by atoms with van der Waals surface area (Å²) in [6.45, 7) is 4.59. The maximum atomic E-state index is 13.1. The van der Waals surface area contributed by atoms with Crippen LogP contribution in [0.4, 0.5) is 0 Å². The maximum Gasteiger partial charge on any atom is 0.260 e. The highest BCUT2D eigenvalue weighted by Crippen LogP contribution is 2.30. The normalized spacial score (nSPS) is 18.3. The van der Waals surface area contributed by atoms with E-state index in [0.717, 1.165) is 19.6 Å². The number of nitrogens with zero attached hydrogens (tertiary/aromatic N) is 3. The topological polar surface area (TPSA) is 79.4 Å². The number of hydrogen-bond acceptors (Lipinski definition) is 6. The second-order valence-electron chi connectivity index (χ2n) is 8.04. The third kappa shape index (κ3) is 6.04. The number of sulfonamides is 1. The fourth-order valence-corrected chi connectivity index (χ4v) is 5.76. The van der Waals surface area contributed by atoms with E-state index in [0.29, 0.717) is 26.3 Å². The third-order valence-corrected chi connectivity index (χ3v) is 7.97. The lowest BCUT2D eigenvalue weighted by Crippen LogP contribution is -2.49. The van der Waals surface area contributed by atoms with Gasteiger partial charge in [0.2, 0.25) is 10.0 Å². The van der Waals surface area contributed by atoms with Crippen LogP contribution in [-0.2, 0) is 26.1 Å². The van der Waals surface area contributed by atoms with Crippen molar-refractivity contribution in [1.82, 2.24) is 14.1 Å². The Kier molecular flexibility index (Phi) is 7.87. The third-order valence-electron chi connectivity index (χ3n) is 5.82. The summed E-state index contributed by atoms with van der Waals surface area (Å²) in [5.41, 5.74) is 1.25. The Labute approximate surface area is 199 Å². The highest BCUT2D eigenvalue weighted by molar-refractivity contribution is 7.89. The number of rotatable bonds is 7. The monoisotopic (exact) mass is 493 g/mol. The fourth-order valence-electron chi connectivity index (χ4n) is 3.96. The smallest absolute Gasteiger partial charge is 0.260 e. The van der Waals surface area contributed by atoms with E-state index in [-0.39, 0.29) is 41.3 Å². The van der Waals surface area contributed by atoms with Crippen LogP contribution in [0.3, 0.4) is 0 Å². The van der Waals surface area contributed by atoms with Crippen LogP contribution in [-0.4, -0.2) is 87.5 Å². The first-order chi connectivity index (χ1) is 15.9. The van der Waals surface area contributed by atoms with E-state index in [9.17, 15) is 13.2 Å².